The number of phenols is 2. The van der Waals surface area contributed by atoms with E-state index in [9.17, 15) is 15.0 Å². The summed E-state index contributed by atoms with van der Waals surface area (Å²) in [5.74, 6) is -1.14. The quantitative estimate of drug-likeness (QED) is 0.756. The highest BCUT2D eigenvalue weighted by molar-refractivity contribution is 6.10. The number of pyridine rings is 1. The molecule has 0 unspecified atom stereocenters. The van der Waals surface area contributed by atoms with Crippen LogP contribution < -0.4 is 10.6 Å². The lowest BCUT2D eigenvalue weighted by Gasteiger charge is -2.19. The number of aromatic hydroxyl groups is 2. The van der Waals surface area contributed by atoms with Gasteiger partial charge in [0.2, 0.25) is 0 Å². The van der Waals surface area contributed by atoms with Crippen LogP contribution in [0, 0.1) is 0 Å². The third-order valence-electron chi connectivity index (χ3n) is 2.73. The molecule has 1 heterocycles. The van der Waals surface area contributed by atoms with Gasteiger partial charge < -0.3 is 20.8 Å². The average Bonchev–Trinajstić information content (AvgIpc) is 2.38. The fraction of sp³-hybridized carbons (Fsp3) is 0.0769. The highest BCUT2D eigenvalue weighted by Crippen LogP contribution is 2.30. The number of nitrogens with zero attached hydrogens (tertiary/aromatic N) is 2. The number of phenolic OH excluding ortho intramolecular Hbond substituents is 2. The molecule has 0 bridgehead atoms. The molecule has 0 saturated carbocycles. The van der Waals surface area contributed by atoms with E-state index in [1.54, 1.807) is 6.07 Å². The first-order valence-corrected chi connectivity index (χ1v) is 5.51. The van der Waals surface area contributed by atoms with E-state index in [0.717, 1.165) is 0 Å². The van der Waals surface area contributed by atoms with Gasteiger partial charge >= 0.3 is 0 Å². The number of rotatable bonds is 2. The lowest BCUT2D eigenvalue weighted by Crippen LogP contribution is -2.27. The van der Waals surface area contributed by atoms with E-state index in [2.05, 4.69) is 4.98 Å². The van der Waals surface area contributed by atoms with Gasteiger partial charge in [0.05, 0.1) is 17.6 Å². The SMILES string of the molecule is CN(C(=O)c1c(O)cccc1O)c1ccncc1N. The molecule has 2 rings (SSSR count). The Labute approximate surface area is 109 Å². The van der Waals surface area contributed by atoms with Crippen LogP contribution in [-0.2, 0) is 0 Å². The monoisotopic (exact) mass is 259 g/mol. The molecule has 0 aliphatic rings. The molecule has 0 radical (unpaired) electrons. The highest BCUT2D eigenvalue weighted by Gasteiger charge is 2.21. The Hall–Kier alpha value is -2.76. The zero-order valence-corrected chi connectivity index (χ0v) is 10.2. The molecule has 1 amide bonds. The largest absolute Gasteiger partial charge is 0.507 e. The first-order chi connectivity index (χ1) is 9.02. The van der Waals surface area contributed by atoms with Crippen molar-refractivity contribution in [3.05, 3.63) is 42.2 Å². The maximum atomic E-state index is 12.3. The van der Waals surface area contributed by atoms with Gasteiger partial charge in [-0.3, -0.25) is 9.78 Å². The Bertz CT molecular complexity index is 608. The van der Waals surface area contributed by atoms with Crippen LogP contribution in [0.5, 0.6) is 11.5 Å². The number of amides is 1. The lowest BCUT2D eigenvalue weighted by molar-refractivity contribution is 0.0988. The zero-order valence-electron chi connectivity index (χ0n) is 10.2. The maximum absolute atomic E-state index is 12.3. The molecule has 1 aromatic carbocycles. The predicted molar refractivity (Wildman–Crippen MR) is 71.2 cm³/mol. The van der Waals surface area contributed by atoms with Crippen LogP contribution in [-0.4, -0.2) is 28.2 Å². The van der Waals surface area contributed by atoms with Gasteiger partial charge in [0.25, 0.3) is 5.91 Å². The van der Waals surface area contributed by atoms with Crippen molar-refractivity contribution in [2.24, 2.45) is 0 Å². The average molecular weight is 259 g/mol. The molecular formula is C13H13N3O3. The summed E-state index contributed by atoms with van der Waals surface area (Å²) < 4.78 is 0. The summed E-state index contributed by atoms with van der Waals surface area (Å²) in [6, 6.07) is 5.68. The Morgan fingerprint density at radius 3 is 2.47 bits per heavy atom. The molecule has 0 spiro atoms. The Balaban J connectivity index is 2.43. The smallest absolute Gasteiger partial charge is 0.265 e. The van der Waals surface area contributed by atoms with Crippen molar-refractivity contribution in [2.45, 2.75) is 0 Å². The summed E-state index contributed by atoms with van der Waals surface area (Å²) in [6.07, 6.45) is 2.92. The van der Waals surface area contributed by atoms with E-state index in [1.165, 1.54) is 42.5 Å². The molecule has 2 aromatic rings. The lowest BCUT2D eigenvalue weighted by atomic mass is 10.1. The Morgan fingerprint density at radius 1 is 1.26 bits per heavy atom. The Kier molecular flexibility index (Phi) is 3.24. The fourth-order valence-corrected chi connectivity index (χ4v) is 1.73. The third-order valence-corrected chi connectivity index (χ3v) is 2.73. The number of hydrogen-bond donors (Lipinski definition) is 3. The fourth-order valence-electron chi connectivity index (χ4n) is 1.73. The number of nitrogen functional groups attached to an aromatic ring is 1. The summed E-state index contributed by atoms with van der Waals surface area (Å²) in [4.78, 5) is 17.3. The summed E-state index contributed by atoms with van der Waals surface area (Å²) in [5.41, 5.74) is 6.34. The van der Waals surface area contributed by atoms with Gasteiger partial charge in [-0.15, -0.1) is 0 Å². The molecule has 0 aliphatic carbocycles. The topological polar surface area (TPSA) is 99.7 Å². The summed E-state index contributed by atoms with van der Waals surface area (Å²) >= 11 is 0. The van der Waals surface area contributed by atoms with E-state index in [1.807, 2.05) is 0 Å². The van der Waals surface area contributed by atoms with Gasteiger partial charge in [-0.1, -0.05) is 6.07 Å². The molecule has 0 aliphatic heterocycles. The first kappa shape index (κ1) is 12.7. The summed E-state index contributed by atoms with van der Waals surface area (Å²) in [7, 11) is 1.50. The molecule has 98 valence electrons. The van der Waals surface area contributed by atoms with Crippen molar-refractivity contribution in [3.8, 4) is 11.5 Å². The normalized spacial score (nSPS) is 10.2. The number of aromatic nitrogens is 1. The van der Waals surface area contributed by atoms with Crippen LogP contribution in [0.3, 0.4) is 0 Å². The van der Waals surface area contributed by atoms with Crippen LogP contribution in [0.25, 0.3) is 0 Å². The van der Waals surface area contributed by atoms with Crippen LogP contribution in [0.2, 0.25) is 0 Å². The minimum Gasteiger partial charge on any atom is -0.507 e. The Morgan fingerprint density at radius 2 is 1.89 bits per heavy atom. The van der Waals surface area contributed by atoms with Gasteiger partial charge in [-0.05, 0) is 18.2 Å². The van der Waals surface area contributed by atoms with Crippen molar-refractivity contribution >= 4 is 17.3 Å². The van der Waals surface area contributed by atoms with Crippen molar-refractivity contribution in [1.82, 2.24) is 4.98 Å². The number of nitrogens with two attached hydrogens (primary N) is 1. The van der Waals surface area contributed by atoms with E-state index in [4.69, 9.17) is 5.73 Å². The van der Waals surface area contributed by atoms with Gasteiger partial charge in [0.1, 0.15) is 17.1 Å². The van der Waals surface area contributed by atoms with Crippen LogP contribution in [0.1, 0.15) is 10.4 Å². The number of anilines is 2. The highest BCUT2D eigenvalue weighted by atomic mass is 16.3. The van der Waals surface area contributed by atoms with E-state index >= 15 is 0 Å². The number of carbonyl (C=O) groups excluding carboxylic acids is 1. The van der Waals surface area contributed by atoms with Crippen molar-refractivity contribution in [1.29, 1.82) is 0 Å². The van der Waals surface area contributed by atoms with Crippen LogP contribution in [0.4, 0.5) is 11.4 Å². The third kappa shape index (κ3) is 2.28. The van der Waals surface area contributed by atoms with Crippen LogP contribution >= 0.6 is 0 Å². The molecular weight excluding hydrogens is 246 g/mol. The maximum Gasteiger partial charge on any atom is 0.265 e. The standard InChI is InChI=1S/C13H13N3O3/c1-16(9-5-6-15-7-8(9)14)13(19)12-10(17)3-2-4-11(12)18/h2-7,17-18H,14H2,1H3. The van der Waals surface area contributed by atoms with E-state index < -0.39 is 5.91 Å². The van der Waals surface area contributed by atoms with E-state index in [-0.39, 0.29) is 17.1 Å². The van der Waals surface area contributed by atoms with E-state index in [0.29, 0.717) is 11.4 Å². The minimum atomic E-state index is -0.562. The van der Waals surface area contributed by atoms with Gasteiger partial charge in [0, 0.05) is 13.2 Å². The summed E-state index contributed by atoms with van der Waals surface area (Å²) in [6.45, 7) is 0. The molecule has 0 fully saturated rings. The zero-order chi connectivity index (χ0) is 14.0. The second-order valence-corrected chi connectivity index (χ2v) is 3.97. The minimum absolute atomic E-state index is 0.166. The number of carbonyl (C=O) groups is 1. The second kappa shape index (κ2) is 4.85. The molecule has 19 heavy (non-hydrogen) atoms. The molecule has 0 saturated heterocycles. The number of hydrogen-bond acceptors (Lipinski definition) is 5. The van der Waals surface area contributed by atoms with Crippen molar-refractivity contribution in [2.75, 3.05) is 17.7 Å². The predicted octanol–water partition coefficient (Wildman–Crippen LogP) is 1.35. The van der Waals surface area contributed by atoms with Gasteiger partial charge in [0.15, 0.2) is 0 Å². The molecule has 6 heteroatoms. The first-order valence-electron chi connectivity index (χ1n) is 5.51. The van der Waals surface area contributed by atoms with Crippen molar-refractivity contribution < 1.29 is 15.0 Å². The second-order valence-electron chi connectivity index (χ2n) is 3.97. The van der Waals surface area contributed by atoms with Gasteiger partial charge in [-0.25, -0.2) is 0 Å². The van der Waals surface area contributed by atoms with Crippen molar-refractivity contribution in [3.63, 3.8) is 0 Å². The molecule has 1 aromatic heterocycles. The molecule has 4 N–H and O–H groups in total. The molecule has 6 nitrogen and oxygen atoms in total. The van der Waals surface area contributed by atoms with Crippen LogP contribution in [0.15, 0.2) is 36.7 Å². The summed E-state index contributed by atoms with van der Waals surface area (Å²) in [5, 5.41) is 19.4. The van der Waals surface area contributed by atoms with Gasteiger partial charge in [-0.2, -0.15) is 0 Å². The molecule has 0 atom stereocenters. The number of benzene rings is 1.